The smallest absolute Gasteiger partial charge is 0.416 e. The maximum atomic E-state index is 13.9. The second-order valence-corrected chi connectivity index (χ2v) is 11.8. The summed E-state index contributed by atoms with van der Waals surface area (Å²) in [7, 11) is 2.96. The van der Waals surface area contributed by atoms with Crippen molar-refractivity contribution in [1.29, 1.82) is 0 Å². The zero-order valence-electron chi connectivity index (χ0n) is 24.3. The number of carbonyl (C=O) groups is 1. The number of hydroxylamine groups is 5. The fourth-order valence-corrected chi connectivity index (χ4v) is 5.19. The van der Waals surface area contributed by atoms with Crippen LogP contribution < -0.4 is 9.55 Å². The number of nitrogens with zero attached hydrogens (tertiary/aromatic N) is 4. The third-order valence-corrected chi connectivity index (χ3v) is 8.12. The summed E-state index contributed by atoms with van der Waals surface area (Å²) >= 11 is 0. The number of carbonyl (C=O) groups excluding carboxylic acids is 1. The fourth-order valence-electron chi connectivity index (χ4n) is 5.19. The van der Waals surface area contributed by atoms with Crippen LogP contribution in [-0.2, 0) is 22.6 Å². The van der Waals surface area contributed by atoms with Gasteiger partial charge in [-0.25, -0.2) is 10.2 Å². The molecule has 1 aliphatic heterocycles. The lowest BCUT2D eigenvalue weighted by atomic mass is 9.81. The van der Waals surface area contributed by atoms with E-state index in [1.54, 1.807) is 31.3 Å². The molecule has 4 rings (SSSR count). The minimum absolute atomic E-state index is 0.0211. The lowest BCUT2D eigenvalue weighted by molar-refractivity contribution is -1.09. The van der Waals surface area contributed by atoms with Crippen molar-refractivity contribution in [2.75, 3.05) is 45.2 Å². The number of hydrogen-bond acceptors (Lipinski definition) is 4. The van der Waals surface area contributed by atoms with Crippen LogP contribution in [0.1, 0.15) is 36.1 Å². The van der Waals surface area contributed by atoms with Gasteiger partial charge >= 0.3 is 12.4 Å². The van der Waals surface area contributed by atoms with Crippen molar-refractivity contribution >= 4 is 17.4 Å². The third-order valence-electron chi connectivity index (χ3n) is 8.12. The highest BCUT2D eigenvalue weighted by atomic mass is 19.4. The van der Waals surface area contributed by atoms with E-state index in [1.165, 1.54) is 27.1 Å². The van der Waals surface area contributed by atoms with E-state index in [0.717, 1.165) is 10.5 Å². The molecular formula is C30H33F6N4O3+. The lowest BCUT2D eigenvalue weighted by Gasteiger charge is -2.46. The van der Waals surface area contributed by atoms with Crippen LogP contribution in [0.4, 0.5) is 37.8 Å². The molecule has 1 aromatic heterocycles. The number of anilines is 1. The van der Waals surface area contributed by atoms with Crippen molar-refractivity contribution in [3.05, 3.63) is 82.2 Å². The normalized spacial score (nSPS) is 21.5. The lowest BCUT2D eigenvalue weighted by Crippen LogP contribution is -2.63. The molecule has 1 aliphatic rings. The average Bonchev–Trinajstić information content (AvgIpc) is 2.92. The molecule has 232 valence electrons. The highest BCUT2D eigenvalue weighted by Gasteiger charge is 2.42. The van der Waals surface area contributed by atoms with Gasteiger partial charge in [-0.2, -0.15) is 31.0 Å². The van der Waals surface area contributed by atoms with Crippen LogP contribution in [0.5, 0.6) is 0 Å². The summed E-state index contributed by atoms with van der Waals surface area (Å²) in [5.74, 6) is -0.642. The molecule has 0 bridgehead atoms. The molecule has 7 nitrogen and oxygen atoms in total. The van der Waals surface area contributed by atoms with Crippen LogP contribution in [-0.4, -0.2) is 61.0 Å². The van der Waals surface area contributed by atoms with Crippen LogP contribution in [0, 0.1) is 12.1 Å². The first-order valence-corrected chi connectivity index (χ1v) is 13.5. The molecule has 1 amide bonds. The number of amides is 1. The molecule has 2 heterocycles. The molecule has 0 radical (unpaired) electrons. The van der Waals surface area contributed by atoms with Crippen molar-refractivity contribution in [3.8, 4) is 11.1 Å². The van der Waals surface area contributed by atoms with Crippen LogP contribution in [0.2, 0.25) is 0 Å². The molecule has 0 saturated carbocycles. The average molecular weight is 612 g/mol. The van der Waals surface area contributed by atoms with Gasteiger partial charge in [0, 0.05) is 18.7 Å². The van der Waals surface area contributed by atoms with Crippen molar-refractivity contribution in [1.82, 2.24) is 9.63 Å². The number of quaternary nitrogens is 2. The molecule has 3 aromatic rings. The first kappa shape index (κ1) is 32.4. The molecule has 0 aliphatic carbocycles. The minimum atomic E-state index is -5.07. The Morgan fingerprint density at radius 2 is 1.40 bits per heavy atom. The van der Waals surface area contributed by atoms with Crippen LogP contribution in [0.25, 0.3) is 11.1 Å². The molecule has 13 heteroatoms. The Balaban J connectivity index is 1.82. The Labute approximate surface area is 245 Å². The summed E-state index contributed by atoms with van der Waals surface area (Å²) in [5, 5.41) is 24.0. The predicted octanol–water partition coefficient (Wildman–Crippen LogP) is 6.69. The summed E-state index contributed by atoms with van der Waals surface area (Å²) in [5.41, 5.74) is -3.23. The van der Waals surface area contributed by atoms with E-state index < -0.39 is 45.0 Å². The van der Waals surface area contributed by atoms with Crippen molar-refractivity contribution < 1.29 is 41.0 Å². The number of halogens is 6. The zero-order chi connectivity index (χ0) is 32.2. The molecule has 1 N–H and O–H groups in total. The molecule has 0 spiro atoms. The quantitative estimate of drug-likeness (QED) is 0.198. The highest BCUT2D eigenvalue weighted by molar-refractivity contribution is 6.03. The number of pyridine rings is 1. The van der Waals surface area contributed by atoms with Gasteiger partial charge in [0.25, 0.3) is 0 Å². The molecule has 1 fully saturated rings. The van der Waals surface area contributed by atoms with Gasteiger partial charge in [-0.15, -0.1) is 0 Å². The Kier molecular flexibility index (Phi) is 8.20. The number of alkyl halides is 6. The number of aromatic nitrogens is 1. The van der Waals surface area contributed by atoms with Crippen molar-refractivity contribution in [3.63, 3.8) is 0 Å². The van der Waals surface area contributed by atoms with E-state index >= 15 is 0 Å². The standard InChI is InChI=1S/C30H33F6N4O3/c1-19-8-6-7-9-23(19)24-17-26(40(43)12-10-39(5,42)11-13-40)37-18-25(24)38(4)27(41)28(2,3)20-14-21(29(31,32)33)16-22(15-20)30(34,35)36/h6-9,14-18,42H,10-13H2,1-5H3/q+1. The fraction of sp³-hybridized carbons (Fsp3) is 0.400. The van der Waals surface area contributed by atoms with E-state index in [4.69, 9.17) is 0 Å². The van der Waals surface area contributed by atoms with E-state index in [1.807, 2.05) is 13.0 Å². The van der Waals surface area contributed by atoms with E-state index in [-0.39, 0.29) is 48.4 Å². The van der Waals surface area contributed by atoms with Crippen molar-refractivity contribution in [2.45, 2.75) is 38.5 Å². The molecule has 0 atom stereocenters. The van der Waals surface area contributed by atoms with Gasteiger partial charge in [0.1, 0.15) is 13.1 Å². The molecule has 0 unspecified atom stereocenters. The number of rotatable bonds is 5. The van der Waals surface area contributed by atoms with Gasteiger partial charge < -0.3 is 14.8 Å². The number of hydrogen-bond donors (Lipinski definition) is 1. The first-order chi connectivity index (χ1) is 19.7. The van der Waals surface area contributed by atoms with Crippen molar-refractivity contribution in [2.24, 2.45) is 0 Å². The Morgan fingerprint density at radius 3 is 1.91 bits per heavy atom. The largest absolute Gasteiger partial charge is 0.626 e. The highest BCUT2D eigenvalue weighted by Crippen LogP contribution is 2.41. The van der Waals surface area contributed by atoms with Gasteiger partial charge in [-0.1, -0.05) is 24.3 Å². The van der Waals surface area contributed by atoms with Gasteiger partial charge in [0.05, 0.1) is 35.5 Å². The summed E-state index contributed by atoms with van der Waals surface area (Å²) in [6.45, 7) is 4.81. The van der Waals surface area contributed by atoms with E-state index in [0.29, 0.717) is 23.3 Å². The first-order valence-electron chi connectivity index (χ1n) is 13.5. The van der Waals surface area contributed by atoms with Gasteiger partial charge in [-0.05, 0) is 55.7 Å². The minimum Gasteiger partial charge on any atom is -0.626 e. The maximum Gasteiger partial charge on any atom is 0.416 e. The number of likely N-dealkylation sites (N-methyl/N-ethyl adjacent to an activating group) is 2. The summed E-state index contributed by atoms with van der Waals surface area (Å²) in [4.78, 5) is 19.4. The van der Waals surface area contributed by atoms with E-state index in [9.17, 15) is 41.6 Å². The molecule has 43 heavy (non-hydrogen) atoms. The number of piperazine rings is 1. The Morgan fingerprint density at radius 1 is 0.884 bits per heavy atom. The van der Waals surface area contributed by atoms with Gasteiger partial charge in [0.15, 0.2) is 13.1 Å². The molecule has 1 saturated heterocycles. The summed E-state index contributed by atoms with van der Waals surface area (Å²) in [6, 6.07) is 9.85. The van der Waals surface area contributed by atoms with Crippen LogP contribution in [0.3, 0.4) is 0 Å². The summed E-state index contributed by atoms with van der Waals surface area (Å²) < 4.78 is 80.4. The SMILES string of the molecule is Cc1ccccc1-c1cc([N+]2([O-])CC[N+](C)(O)CC2)ncc1N(C)C(=O)C(C)(C)c1cc(C(F)(F)F)cc(C(F)(F)F)c1. The molecule has 2 aromatic carbocycles. The van der Waals surface area contributed by atoms with Crippen LogP contribution >= 0.6 is 0 Å². The van der Waals surface area contributed by atoms with Gasteiger partial charge in [0.2, 0.25) is 11.7 Å². The second-order valence-electron chi connectivity index (χ2n) is 11.8. The topological polar surface area (TPSA) is 76.5 Å². The maximum absolute atomic E-state index is 13.9. The van der Waals surface area contributed by atoms with E-state index in [2.05, 4.69) is 4.98 Å². The van der Waals surface area contributed by atoms with Gasteiger partial charge in [-0.3, -0.25) is 4.79 Å². The predicted molar refractivity (Wildman–Crippen MR) is 150 cm³/mol. The number of benzene rings is 2. The third kappa shape index (κ3) is 6.54. The molecular weight excluding hydrogens is 578 g/mol. The second kappa shape index (κ2) is 10.9. The monoisotopic (exact) mass is 611 g/mol. The number of aryl methyl sites for hydroxylation is 1. The van der Waals surface area contributed by atoms with Crippen LogP contribution in [0.15, 0.2) is 54.7 Å². The summed E-state index contributed by atoms with van der Waals surface area (Å²) in [6.07, 6.45) is -8.83. The Hall–Kier alpha value is -3.52. The Bertz CT molecular complexity index is 1490. The zero-order valence-corrected chi connectivity index (χ0v) is 24.3.